The van der Waals surface area contributed by atoms with E-state index in [4.69, 9.17) is 0 Å². The van der Waals surface area contributed by atoms with E-state index in [1.54, 1.807) is 28.8 Å². The van der Waals surface area contributed by atoms with Crippen LogP contribution < -0.4 is 10.1 Å². The minimum absolute atomic E-state index is 0.00410. The quantitative estimate of drug-likeness (QED) is 0.394. The van der Waals surface area contributed by atoms with Gasteiger partial charge in [0.2, 0.25) is 5.91 Å². The Morgan fingerprint density at radius 2 is 1.93 bits per heavy atom. The fourth-order valence-electron chi connectivity index (χ4n) is 2.58. The number of amides is 1. The van der Waals surface area contributed by atoms with Crippen molar-refractivity contribution in [3.63, 3.8) is 0 Å². The van der Waals surface area contributed by atoms with Gasteiger partial charge in [0.15, 0.2) is 11.0 Å². The predicted octanol–water partition coefficient (Wildman–Crippen LogP) is 4.60. The van der Waals surface area contributed by atoms with Crippen LogP contribution in [0.5, 0.6) is 5.75 Å². The van der Waals surface area contributed by atoms with E-state index >= 15 is 0 Å². The number of alkyl halides is 2. The average Bonchev–Trinajstić information content (AvgIpc) is 3.11. The largest absolute Gasteiger partial charge is 0.435 e. The molecule has 2 aromatic carbocycles. The molecule has 0 saturated heterocycles. The molecule has 30 heavy (non-hydrogen) atoms. The molecule has 0 radical (unpaired) electrons. The molecule has 3 rings (SSSR count). The molecule has 0 aliphatic heterocycles. The first-order valence-electron chi connectivity index (χ1n) is 8.74. The molecule has 0 aliphatic carbocycles. The second kappa shape index (κ2) is 9.97. The van der Waals surface area contributed by atoms with Gasteiger partial charge < -0.3 is 10.1 Å². The lowest BCUT2D eigenvalue weighted by Crippen LogP contribution is -2.14. The maximum absolute atomic E-state index is 14.1. The van der Waals surface area contributed by atoms with Crippen LogP contribution >= 0.6 is 11.8 Å². The predicted molar refractivity (Wildman–Crippen MR) is 108 cm³/mol. The summed E-state index contributed by atoms with van der Waals surface area (Å²) in [6.07, 6.45) is 1.63. The van der Waals surface area contributed by atoms with Crippen molar-refractivity contribution in [1.82, 2.24) is 14.8 Å². The lowest BCUT2D eigenvalue weighted by Gasteiger charge is -2.09. The molecule has 1 N–H and O–H groups in total. The summed E-state index contributed by atoms with van der Waals surface area (Å²) in [5.74, 6) is -0.407. The lowest BCUT2D eigenvalue weighted by molar-refractivity contribution is -0.113. The first kappa shape index (κ1) is 21.4. The molecule has 0 unspecified atom stereocenters. The van der Waals surface area contributed by atoms with Crippen molar-refractivity contribution in [2.75, 3.05) is 11.1 Å². The van der Waals surface area contributed by atoms with Crippen molar-refractivity contribution < 1.29 is 22.7 Å². The standard InChI is InChI=1S/C20H17F3N4O2S/c1-2-11-27-18(15-5-3-4-6-16(15)21)25-26-20(27)30-12-17(28)24-13-7-9-14(10-8-13)29-19(22)23/h2-10,19H,1,11-12H2,(H,24,28). The third-order valence-corrected chi connectivity index (χ3v) is 4.81. The number of rotatable bonds is 9. The molecular weight excluding hydrogens is 417 g/mol. The molecular formula is C20H17F3N4O2S. The second-order valence-electron chi connectivity index (χ2n) is 5.93. The normalized spacial score (nSPS) is 10.8. The second-order valence-corrected chi connectivity index (χ2v) is 6.87. The van der Waals surface area contributed by atoms with Crippen LogP contribution in [0.1, 0.15) is 0 Å². The van der Waals surface area contributed by atoms with Gasteiger partial charge in [0.25, 0.3) is 0 Å². The molecule has 0 fully saturated rings. The topological polar surface area (TPSA) is 69.0 Å². The van der Waals surface area contributed by atoms with Gasteiger partial charge in [-0.2, -0.15) is 8.78 Å². The van der Waals surface area contributed by atoms with E-state index in [-0.39, 0.29) is 17.4 Å². The highest BCUT2D eigenvalue weighted by molar-refractivity contribution is 7.99. The SMILES string of the molecule is C=CCn1c(SCC(=O)Nc2ccc(OC(F)F)cc2)nnc1-c1ccccc1F. The smallest absolute Gasteiger partial charge is 0.387 e. The van der Waals surface area contributed by atoms with Gasteiger partial charge in [-0.05, 0) is 36.4 Å². The van der Waals surface area contributed by atoms with Gasteiger partial charge in [0, 0.05) is 12.2 Å². The van der Waals surface area contributed by atoms with E-state index in [1.165, 1.54) is 30.3 Å². The van der Waals surface area contributed by atoms with E-state index in [1.807, 2.05) is 0 Å². The third-order valence-electron chi connectivity index (χ3n) is 3.84. The summed E-state index contributed by atoms with van der Waals surface area (Å²) in [6.45, 7) is 1.12. The van der Waals surface area contributed by atoms with Crippen molar-refractivity contribution in [3.05, 3.63) is 67.0 Å². The van der Waals surface area contributed by atoms with Crippen LogP contribution in [0.3, 0.4) is 0 Å². The number of nitrogens with zero attached hydrogens (tertiary/aromatic N) is 3. The van der Waals surface area contributed by atoms with E-state index in [0.717, 1.165) is 11.8 Å². The molecule has 1 amide bonds. The molecule has 3 aromatic rings. The van der Waals surface area contributed by atoms with Crippen LogP contribution in [-0.2, 0) is 11.3 Å². The summed E-state index contributed by atoms with van der Waals surface area (Å²) < 4.78 is 44.4. The number of hydrogen-bond acceptors (Lipinski definition) is 5. The Balaban J connectivity index is 1.66. The fourth-order valence-corrected chi connectivity index (χ4v) is 3.33. The van der Waals surface area contributed by atoms with Gasteiger partial charge in [-0.1, -0.05) is 30.0 Å². The van der Waals surface area contributed by atoms with E-state index in [2.05, 4.69) is 26.8 Å². The van der Waals surface area contributed by atoms with Crippen molar-refractivity contribution >= 4 is 23.4 Å². The van der Waals surface area contributed by atoms with E-state index < -0.39 is 12.4 Å². The zero-order valence-corrected chi connectivity index (χ0v) is 16.4. The van der Waals surface area contributed by atoms with Crippen LogP contribution in [0.25, 0.3) is 11.4 Å². The fraction of sp³-hybridized carbons (Fsp3) is 0.150. The van der Waals surface area contributed by atoms with Crippen LogP contribution in [0, 0.1) is 5.82 Å². The van der Waals surface area contributed by atoms with Gasteiger partial charge in [-0.3, -0.25) is 9.36 Å². The number of thioether (sulfide) groups is 1. The highest BCUT2D eigenvalue weighted by Crippen LogP contribution is 2.26. The average molecular weight is 434 g/mol. The molecule has 10 heteroatoms. The molecule has 0 spiro atoms. The molecule has 0 bridgehead atoms. The maximum atomic E-state index is 14.1. The molecule has 0 saturated carbocycles. The summed E-state index contributed by atoms with van der Waals surface area (Å²) in [6, 6.07) is 11.8. The number of anilines is 1. The molecule has 0 aliphatic rings. The Morgan fingerprint density at radius 1 is 1.20 bits per heavy atom. The number of hydrogen-bond donors (Lipinski definition) is 1. The van der Waals surface area contributed by atoms with Gasteiger partial charge in [-0.25, -0.2) is 4.39 Å². The minimum Gasteiger partial charge on any atom is -0.435 e. The number of aromatic nitrogens is 3. The third kappa shape index (κ3) is 5.41. The first-order valence-corrected chi connectivity index (χ1v) is 9.73. The van der Waals surface area contributed by atoms with Crippen LogP contribution in [0.2, 0.25) is 0 Å². The summed E-state index contributed by atoms with van der Waals surface area (Å²) >= 11 is 1.13. The number of carbonyl (C=O) groups is 1. The molecule has 1 heterocycles. The maximum Gasteiger partial charge on any atom is 0.387 e. The number of nitrogens with one attached hydrogen (secondary N) is 1. The first-order chi connectivity index (χ1) is 14.5. The summed E-state index contributed by atoms with van der Waals surface area (Å²) in [5.41, 5.74) is 0.732. The zero-order chi connectivity index (χ0) is 21.5. The van der Waals surface area contributed by atoms with E-state index in [0.29, 0.717) is 28.8 Å². The van der Waals surface area contributed by atoms with Crippen molar-refractivity contribution in [3.8, 4) is 17.1 Å². The minimum atomic E-state index is -2.91. The van der Waals surface area contributed by atoms with Gasteiger partial charge >= 0.3 is 6.61 Å². The molecule has 6 nitrogen and oxygen atoms in total. The van der Waals surface area contributed by atoms with Gasteiger partial charge in [0.05, 0.1) is 11.3 Å². The van der Waals surface area contributed by atoms with E-state index in [9.17, 15) is 18.0 Å². The Labute approximate surface area is 174 Å². The molecule has 1 aromatic heterocycles. The highest BCUT2D eigenvalue weighted by Gasteiger charge is 2.17. The van der Waals surface area contributed by atoms with Gasteiger partial charge in [-0.15, -0.1) is 16.8 Å². The Bertz CT molecular complexity index is 1030. The number of ether oxygens (including phenoxy) is 1. The van der Waals surface area contributed by atoms with Crippen LogP contribution in [0.15, 0.2) is 66.3 Å². The Kier molecular flexibility index (Phi) is 7.12. The zero-order valence-electron chi connectivity index (χ0n) is 15.6. The van der Waals surface area contributed by atoms with Gasteiger partial charge in [0.1, 0.15) is 11.6 Å². The van der Waals surface area contributed by atoms with Crippen LogP contribution in [0.4, 0.5) is 18.9 Å². The number of benzene rings is 2. The number of allylic oxidation sites excluding steroid dienone is 1. The van der Waals surface area contributed by atoms with Crippen molar-refractivity contribution in [2.24, 2.45) is 0 Å². The molecule has 156 valence electrons. The molecule has 0 atom stereocenters. The summed E-state index contributed by atoms with van der Waals surface area (Å²) in [5, 5.41) is 11.2. The van der Waals surface area contributed by atoms with Crippen molar-refractivity contribution in [1.29, 1.82) is 0 Å². The monoisotopic (exact) mass is 434 g/mol. The van der Waals surface area contributed by atoms with Crippen LogP contribution in [-0.4, -0.2) is 33.0 Å². The highest BCUT2D eigenvalue weighted by atomic mass is 32.2. The Hall–Kier alpha value is -3.27. The van der Waals surface area contributed by atoms with Crippen molar-refractivity contribution in [2.45, 2.75) is 18.3 Å². The lowest BCUT2D eigenvalue weighted by atomic mass is 10.2. The number of halogens is 3. The Morgan fingerprint density at radius 3 is 2.60 bits per heavy atom. The summed E-state index contributed by atoms with van der Waals surface area (Å²) in [7, 11) is 0. The summed E-state index contributed by atoms with van der Waals surface area (Å²) in [4.78, 5) is 12.2. The number of carbonyl (C=O) groups excluding carboxylic acids is 1.